The van der Waals surface area contributed by atoms with Crippen LogP contribution >= 0.6 is 11.8 Å². The van der Waals surface area contributed by atoms with Gasteiger partial charge in [-0.25, -0.2) is 0 Å². The van der Waals surface area contributed by atoms with E-state index in [1.807, 2.05) is 17.8 Å². The van der Waals surface area contributed by atoms with E-state index in [0.717, 1.165) is 17.9 Å². The number of hydrogen-bond donors (Lipinski definition) is 1. The molecule has 2 heteroatoms. The Hall–Kier alpha value is -1.41. The second-order valence-corrected chi connectivity index (χ2v) is 7.71. The molecule has 2 rings (SSSR count). The van der Waals surface area contributed by atoms with Crippen molar-refractivity contribution >= 4 is 11.8 Å². The summed E-state index contributed by atoms with van der Waals surface area (Å²) < 4.78 is 0. The van der Waals surface area contributed by atoms with Crippen LogP contribution in [0.2, 0.25) is 0 Å². The predicted molar refractivity (Wildman–Crippen MR) is 105 cm³/mol. The molecule has 0 bridgehead atoms. The van der Waals surface area contributed by atoms with E-state index in [9.17, 15) is 0 Å². The van der Waals surface area contributed by atoms with Gasteiger partial charge in [-0.1, -0.05) is 61.6 Å². The monoisotopic (exact) mass is 327 g/mol. The van der Waals surface area contributed by atoms with Crippen molar-refractivity contribution in [1.82, 2.24) is 0 Å². The van der Waals surface area contributed by atoms with Crippen molar-refractivity contribution in [3.8, 4) is 0 Å². The Labute approximate surface area is 145 Å². The number of aryl methyl sites for hydroxylation is 1. The summed E-state index contributed by atoms with van der Waals surface area (Å²) in [7, 11) is 0. The molecule has 0 aliphatic heterocycles. The Bertz CT molecular complexity index is 568. The molecule has 0 aromatic heterocycles. The highest BCUT2D eigenvalue weighted by Gasteiger charge is 2.12. The third-order valence-electron chi connectivity index (χ3n) is 4.49. The molecule has 1 aliphatic rings. The largest absolute Gasteiger partial charge is 0.402 e. The van der Waals surface area contributed by atoms with Crippen LogP contribution in [0, 0.1) is 6.92 Å². The van der Waals surface area contributed by atoms with Crippen LogP contribution in [-0.4, -0.2) is 11.0 Å². The molecule has 0 saturated heterocycles. The van der Waals surface area contributed by atoms with Gasteiger partial charge in [-0.2, -0.15) is 0 Å². The minimum atomic E-state index is 0.435. The van der Waals surface area contributed by atoms with Gasteiger partial charge in [0.2, 0.25) is 0 Å². The van der Waals surface area contributed by atoms with Crippen LogP contribution in [0.1, 0.15) is 49.7 Å². The maximum Gasteiger partial charge on any atom is 0.0230 e. The SMILES string of the molecule is C=C/C(CSC1C=CCCC1)=C(/N)CC(C)c1ccc(C)cc1. The summed E-state index contributed by atoms with van der Waals surface area (Å²) in [6.45, 7) is 8.33. The lowest BCUT2D eigenvalue weighted by atomic mass is 9.94. The predicted octanol–water partition coefficient (Wildman–Crippen LogP) is 5.73. The average molecular weight is 328 g/mol. The highest BCUT2D eigenvalue weighted by molar-refractivity contribution is 8.00. The zero-order valence-corrected chi connectivity index (χ0v) is 15.2. The summed E-state index contributed by atoms with van der Waals surface area (Å²) in [5, 5.41) is 0.640. The van der Waals surface area contributed by atoms with Gasteiger partial charge >= 0.3 is 0 Å². The number of allylic oxidation sites excluding steroid dienone is 3. The molecule has 0 amide bonds. The highest BCUT2D eigenvalue weighted by atomic mass is 32.2. The zero-order chi connectivity index (χ0) is 16.7. The molecule has 2 unspecified atom stereocenters. The Morgan fingerprint density at radius 1 is 1.39 bits per heavy atom. The van der Waals surface area contributed by atoms with E-state index in [-0.39, 0.29) is 0 Å². The highest BCUT2D eigenvalue weighted by Crippen LogP contribution is 2.28. The maximum atomic E-state index is 6.39. The van der Waals surface area contributed by atoms with Crippen LogP contribution < -0.4 is 5.73 Å². The molecule has 2 N–H and O–H groups in total. The average Bonchev–Trinajstić information content (AvgIpc) is 2.57. The summed E-state index contributed by atoms with van der Waals surface area (Å²) in [5.74, 6) is 1.40. The van der Waals surface area contributed by atoms with Crippen molar-refractivity contribution in [3.05, 3.63) is 71.5 Å². The van der Waals surface area contributed by atoms with Gasteiger partial charge in [-0.15, -0.1) is 11.8 Å². The maximum absolute atomic E-state index is 6.39. The van der Waals surface area contributed by atoms with Gasteiger partial charge in [0, 0.05) is 16.7 Å². The van der Waals surface area contributed by atoms with Gasteiger partial charge < -0.3 is 5.73 Å². The van der Waals surface area contributed by atoms with Crippen LogP contribution in [0.5, 0.6) is 0 Å². The molecule has 0 fully saturated rings. The second kappa shape index (κ2) is 9.02. The molecule has 1 nitrogen and oxygen atoms in total. The van der Waals surface area contributed by atoms with Crippen LogP contribution in [0.3, 0.4) is 0 Å². The van der Waals surface area contributed by atoms with Crippen molar-refractivity contribution in [2.45, 2.75) is 50.7 Å². The zero-order valence-electron chi connectivity index (χ0n) is 14.4. The van der Waals surface area contributed by atoms with E-state index in [1.54, 1.807) is 0 Å². The summed E-state index contributed by atoms with van der Waals surface area (Å²) >= 11 is 1.99. The van der Waals surface area contributed by atoms with E-state index in [0.29, 0.717) is 11.2 Å². The normalized spacial score (nSPS) is 20.0. The third-order valence-corrected chi connectivity index (χ3v) is 5.79. The van der Waals surface area contributed by atoms with E-state index >= 15 is 0 Å². The van der Waals surface area contributed by atoms with E-state index in [2.05, 4.69) is 56.8 Å². The van der Waals surface area contributed by atoms with Crippen molar-refractivity contribution < 1.29 is 0 Å². The number of thioether (sulfide) groups is 1. The topological polar surface area (TPSA) is 26.0 Å². The van der Waals surface area contributed by atoms with E-state index in [4.69, 9.17) is 5.73 Å². The second-order valence-electron chi connectivity index (χ2n) is 6.48. The smallest absolute Gasteiger partial charge is 0.0230 e. The standard InChI is InChI=1S/C21H29NS/c1-4-18(15-23-20-8-6-5-7-9-20)21(22)14-17(3)19-12-10-16(2)11-13-19/h4,6,8,10-13,17,20H,1,5,7,9,14-15,22H2,2-3H3/b21-18-. The van der Waals surface area contributed by atoms with Gasteiger partial charge in [0.25, 0.3) is 0 Å². The van der Waals surface area contributed by atoms with Gasteiger partial charge in [-0.05, 0) is 49.7 Å². The first-order chi connectivity index (χ1) is 11.1. The van der Waals surface area contributed by atoms with Crippen molar-refractivity contribution in [3.63, 3.8) is 0 Å². The molecule has 124 valence electrons. The Kier molecular flexibility index (Phi) is 7.04. The lowest BCUT2D eigenvalue weighted by Gasteiger charge is -2.18. The first-order valence-electron chi connectivity index (χ1n) is 8.55. The third kappa shape index (κ3) is 5.62. The molecule has 0 spiro atoms. The van der Waals surface area contributed by atoms with Crippen LogP contribution in [0.15, 0.2) is 60.3 Å². The molecule has 2 atom stereocenters. The van der Waals surface area contributed by atoms with Crippen LogP contribution in [-0.2, 0) is 0 Å². The molecule has 23 heavy (non-hydrogen) atoms. The fraction of sp³-hybridized carbons (Fsp3) is 0.429. The first kappa shape index (κ1) is 17.9. The summed E-state index contributed by atoms with van der Waals surface area (Å²) in [6.07, 6.45) is 11.3. The number of hydrogen-bond acceptors (Lipinski definition) is 2. The van der Waals surface area contributed by atoms with Gasteiger partial charge in [-0.3, -0.25) is 0 Å². The van der Waals surface area contributed by atoms with E-state index in [1.165, 1.54) is 36.0 Å². The first-order valence-corrected chi connectivity index (χ1v) is 9.59. The summed E-state index contributed by atoms with van der Waals surface area (Å²) in [5.41, 5.74) is 11.2. The lowest BCUT2D eigenvalue weighted by Crippen LogP contribution is -2.09. The molecular formula is C21H29NS. The fourth-order valence-electron chi connectivity index (χ4n) is 2.87. The number of benzene rings is 1. The van der Waals surface area contributed by atoms with Gasteiger partial charge in [0.1, 0.15) is 0 Å². The van der Waals surface area contributed by atoms with Crippen molar-refractivity contribution in [2.75, 3.05) is 5.75 Å². The minimum Gasteiger partial charge on any atom is -0.402 e. The van der Waals surface area contributed by atoms with E-state index < -0.39 is 0 Å². The number of nitrogens with two attached hydrogens (primary N) is 1. The number of rotatable bonds is 7. The molecule has 1 aromatic rings. The minimum absolute atomic E-state index is 0.435. The molecule has 1 aromatic carbocycles. The quantitative estimate of drug-likeness (QED) is 0.511. The molecule has 0 heterocycles. The lowest BCUT2D eigenvalue weighted by molar-refractivity contribution is 0.737. The molecule has 1 aliphatic carbocycles. The fourth-order valence-corrected chi connectivity index (χ4v) is 4.13. The van der Waals surface area contributed by atoms with Crippen molar-refractivity contribution in [1.29, 1.82) is 0 Å². The van der Waals surface area contributed by atoms with Crippen LogP contribution in [0.25, 0.3) is 0 Å². The van der Waals surface area contributed by atoms with Gasteiger partial charge in [0.05, 0.1) is 0 Å². The van der Waals surface area contributed by atoms with Crippen molar-refractivity contribution in [2.24, 2.45) is 5.73 Å². The molecule has 0 saturated carbocycles. The molecule has 0 radical (unpaired) electrons. The Morgan fingerprint density at radius 2 is 2.13 bits per heavy atom. The van der Waals surface area contributed by atoms with Gasteiger partial charge in [0.15, 0.2) is 0 Å². The van der Waals surface area contributed by atoms with Crippen LogP contribution in [0.4, 0.5) is 0 Å². The Morgan fingerprint density at radius 3 is 2.74 bits per heavy atom. The molecular weight excluding hydrogens is 298 g/mol. The Balaban J connectivity index is 1.95. The summed E-state index contributed by atoms with van der Waals surface area (Å²) in [6, 6.07) is 8.77. The summed E-state index contributed by atoms with van der Waals surface area (Å²) in [4.78, 5) is 0.